The quantitative estimate of drug-likeness (QED) is 0.393. The van der Waals surface area contributed by atoms with Crippen molar-refractivity contribution in [2.75, 3.05) is 12.4 Å². The summed E-state index contributed by atoms with van der Waals surface area (Å²) in [6.45, 7) is 1.85. The zero-order valence-corrected chi connectivity index (χ0v) is 17.7. The number of carbonyl (C=O) groups is 1. The van der Waals surface area contributed by atoms with E-state index >= 15 is 0 Å². The fourth-order valence-corrected chi connectivity index (χ4v) is 3.87. The number of aromatic amines is 1. The number of nitrogens with zero attached hydrogens (tertiary/aromatic N) is 3. The van der Waals surface area contributed by atoms with Crippen LogP contribution in [0.4, 0.5) is 23.9 Å². The normalized spacial score (nSPS) is 11.3. The average molecular weight is 481 g/mol. The van der Waals surface area contributed by atoms with E-state index in [2.05, 4.69) is 30.7 Å². The Morgan fingerprint density at radius 1 is 1.15 bits per heavy atom. The molecule has 0 radical (unpaired) electrons. The molecular weight excluding hydrogens is 467 g/mol. The smallest absolute Gasteiger partial charge is 0.496 e. The SMILES string of the molecule is COc1cc2c(Oc3ccc(OC(F)(F)F)cc3)c(OC(=O)Nc3nn[nH]n3)sc2cc1C. The molecule has 10 nitrogen and oxygen atoms in total. The van der Waals surface area contributed by atoms with E-state index in [4.69, 9.17) is 14.2 Å². The number of hydrogen-bond donors (Lipinski definition) is 2. The summed E-state index contributed by atoms with van der Waals surface area (Å²) in [5.41, 5.74) is 0.842. The third-order valence-electron chi connectivity index (χ3n) is 4.15. The average Bonchev–Trinajstić information content (AvgIpc) is 3.35. The van der Waals surface area contributed by atoms with Crippen molar-refractivity contribution in [3.63, 3.8) is 0 Å². The van der Waals surface area contributed by atoms with Crippen molar-refractivity contribution in [3.05, 3.63) is 42.0 Å². The van der Waals surface area contributed by atoms with Gasteiger partial charge in [0.2, 0.25) is 5.06 Å². The highest BCUT2D eigenvalue weighted by Crippen LogP contribution is 2.48. The van der Waals surface area contributed by atoms with Gasteiger partial charge in [0.1, 0.15) is 17.2 Å². The number of ether oxygens (including phenoxy) is 4. The van der Waals surface area contributed by atoms with Crippen LogP contribution < -0.4 is 24.3 Å². The lowest BCUT2D eigenvalue weighted by Gasteiger charge is -2.11. The van der Waals surface area contributed by atoms with Gasteiger partial charge in [0.05, 0.1) is 7.11 Å². The van der Waals surface area contributed by atoms with Crippen LogP contribution in [0.3, 0.4) is 0 Å². The van der Waals surface area contributed by atoms with E-state index in [-0.39, 0.29) is 22.5 Å². The summed E-state index contributed by atoms with van der Waals surface area (Å²) in [5.74, 6) is 0.426. The van der Waals surface area contributed by atoms with E-state index in [0.29, 0.717) is 11.1 Å². The molecule has 0 atom stereocenters. The Balaban J connectivity index is 1.66. The summed E-state index contributed by atoms with van der Waals surface area (Å²) in [6, 6.07) is 8.33. The van der Waals surface area contributed by atoms with Crippen molar-refractivity contribution < 1.29 is 36.9 Å². The van der Waals surface area contributed by atoms with Crippen molar-refractivity contribution in [3.8, 4) is 28.1 Å². The minimum Gasteiger partial charge on any atom is -0.496 e. The van der Waals surface area contributed by atoms with Crippen molar-refractivity contribution in [1.29, 1.82) is 0 Å². The van der Waals surface area contributed by atoms with Crippen LogP contribution in [0.2, 0.25) is 0 Å². The predicted molar refractivity (Wildman–Crippen MR) is 110 cm³/mol. The van der Waals surface area contributed by atoms with Crippen LogP contribution >= 0.6 is 11.3 Å². The number of hydrogen-bond acceptors (Lipinski definition) is 9. The zero-order chi connectivity index (χ0) is 23.6. The molecule has 2 heterocycles. The molecule has 14 heteroatoms. The molecule has 33 heavy (non-hydrogen) atoms. The number of halogens is 3. The van der Waals surface area contributed by atoms with Crippen LogP contribution in [0, 0.1) is 6.92 Å². The summed E-state index contributed by atoms with van der Waals surface area (Å²) < 4.78 is 58.4. The van der Waals surface area contributed by atoms with Gasteiger partial charge < -0.3 is 18.9 Å². The molecule has 0 aliphatic rings. The third-order valence-corrected chi connectivity index (χ3v) is 5.16. The number of anilines is 1. The van der Waals surface area contributed by atoms with Gasteiger partial charge in [-0.2, -0.15) is 5.21 Å². The molecule has 0 bridgehead atoms. The fraction of sp³-hybridized carbons (Fsp3) is 0.158. The predicted octanol–water partition coefficient (Wildman–Crippen LogP) is 5.03. The molecule has 0 fully saturated rings. The highest BCUT2D eigenvalue weighted by Gasteiger charge is 2.31. The number of alkyl halides is 3. The molecule has 2 N–H and O–H groups in total. The molecule has 0 unspecified atom stereocenters. The molecule has 4 rings (SSSR count). The Bertz CT molecular complexity index is 1280. The molecule has 0 aliphatic heterocycles. The maximum Gasteiger partial charge on any atom is 0.573 e. The van der Waals surface area contributed by atoms with Crippen molar-refractivity contribution in [2.45, 2.75) is 13.3 Å². The minimum absolute atomic E-state index is 0.0919. The first-order chi connectivity index (χ1) is 15.7. The molecule has 0 saturated heterocycles. The number of methoxy groups -OCH3 is 1. The van der Waals surface area contributed by atoms with Crippen LogP contribution in [0.1, 0.15) is 5.56 Å². The molecular formula is C19H14F3N5O5S. The Morgan fingerprint density at radius 3 is 2.52 bits per heavy atom. The van der Waals surface area contributed by atoms with E-state index in [1.165, 1.54) is 19.2 Å². The summed E-state index contributed by atoms with van der Waals surface area (Å²) in [5, 5.41) is 15.7. The minimum atomic E-state index is -4.81. The lowest BCUT2D eigenvalue weighted by molar-refractivity contribution is -0.274. The molecule has 4 aromatic rings. The second-order valence-corrected chi connectivity index (χ2v) is 7.42. The van der Waals surface area contributed by atoms with Crippen LogP contribution in [-0.2, 0) is 0 Å². The summed E-state index contributed by atoms with van der Waals surface area (Å²) in [4.78, 5) is 12.3. The Labute approximate surface area is 187 Å². The summed E-state index contributed by atoms with van der Waals surface area (Å²) in [6.07, 6.45) is -5.71. The number of nitrogens with one attached hydrogen (secondary N) is 2. The maximum absolute atomic E-state index is 12.4. The number of aryl methyl sites for hydroxylation is 1. The van der Waals surface area contributed by atoms with Crippen LogP contribution in [0.25, 0.3) is 10.1 Å². The molecule has 172 valence electrons. The van der Waals surface area contributed by atoms with Gasteiger partial charge in [-0.25, -0.2) is 4.79 Å². The van der Waals surface area contributed by atoms with Gasteiger partial charge in [-0.3, -0.25) is 5.32 Å². The van der Waals surface area contributed by atoms with Gasteiger partial charge in [0.25, 0.3) is 5.95 Å². The van der Waals surface area contributed by atoms with Gasteiger partial charge in [0, 0.05) is 10.1 Å². The second-order valence-electron chi connectivity index (χ2n) is 6.41. The van der Waals surface area contributed by atoms with Gasteiger partial charge in [-0.05, 0) is 54.1 Å². The van der Waals surface area contributed by atoms with E-state index < -0.39 is 18.2 Å². The van der Waals surface area contributed by atoms with Gasteiger partial charge in [-0.1, -0.05) is 16.4 Å². The molecule has 1 amide bonds. The number of thiophene rings is 1. The highest BCUT2D eigenvalue weighted by atomic mass is 32.1. The number of tetrazole rings is 1. The Morgan fingerprint density at radius 2 is 1.88 bits per heavy atom. The van der Waals surface area contributed by atoms with Crippen LogP contribution in [0.15, 0.2) is 36.4 Å². The fourth-order valence-electron chi connectivity index (χ4n) is 2.81. The molecule has 0 spiro atoms. The highest BCUT2D eigenvalue weighted by molar-refractivity contribution is 7.21. The monoisotopic (exact) mass is 481 g/mol. The van der Waals surface area contributed by atoms with E-state index in [9.17, 15) is 18.0 Å². The van der Waals surface area contributed by atoms with Gasteiger partial charge in [0.15, 0.2) is 5.75 Å². The van der Waals surface area contributed by atoms with Crippen LogP contribution in [-0.4, -0.2) is 40.2 Å². The van der Waals surface area contributed by atoms with Crippen LogP contribution in [0.5, 0.6) is 28.1 Å². The number of benzene rings is 2. The summed E-state index contributed by atoms with van der Waals surface area (Å²) >= 11 is 1.13. The molecule has 2 aromatic heterocycles. The largest absolute Gasteiger partial charge is 0.573 e. The van der Waals surface area contributed by atoms with E-state index in [0.717, 1.165) is 33.7 Å². The first kappa shape index (κ1) is 22.1. The topological polar surface area (TPSA) is 120 Å². The number of aromatic nitrogens is 4. The number of carbonyl (C=O) groups excluding carboxylic acids is 1. The Kier molecular flexibility index (Phi) is 5.91. The molecule has 2 aromatic carbocycles. The molecule has 0 saturated carbocycles. The van der Waals surface area contributed by atoms with E-state index in [1.54, 1.807) is 6.07 Å². The third kappa shape index (κ3) is 5.23. The number of fused-ring (bicyclic) bond motifs is 1. The first-order valence-corrected chi connectivity index (χ1v) is 9.90. The lowest BCUT2D eigenvalue weighted by Crippen LogP contribution is -2.17. The standard InChI is InChI=1S/C19H14F3N5O5S/c1-9-7-14-12(8-13(9)29-2)15(16(33-14)31-18(28)23-17-24-26-27-25-17)30-10-3-5-11(6-4-10)32-19(20,21)22/h3-8H,1-2H3,(H2,23,24,25,26,27,28). The molecule has 0 aliphatic carbocycles. The number of rotatable bonds is 6. The van der Waals surface area contributed by atoms with E-state index in [1.807, 2.05) is 13.0 Å². The number of H-pyrrole nitrogens is 1. The maximum atomic E-state index is 12.4. The Hall–Kier alpha value is -4.07. The number of amides is 1. The van der Waals surface area contributed by atoms with Crippen molar-refractivity contribution >= 4 is 33.5 Å². The summed E-state index contributed by atoms with van der Waals surface area (Å²) in [7, 11) is 1.51. The van der Waals surface area contributed by atoms with Crippen molar-refractivity contribution in [2.24, 2.45) is 0 Å². The lowest BCUT2D eigenvalue weighted by atomic mass is 10.1. The second kappa shape index (κ2) is 8.82. The zero-order valence-electron chi connectivity index (χ0n) is 16.9. The van der Waals surface area contributed by atoms with Gasteiger partial charge >= 0.3 is 12.5 Å². The van der Waals surface area contributed by atoms with Crippen molar-refractivity contribution in [1.82, 2.24) is 20.6 Å². The van der Waals surface area contributed by atoms with Gasteiger partial charge in [-0.15, -0.1) is 18.3 Å². The first-order valence-electron chi connectivity index (χ1n) is 9.09.